The van der Waals surface area contributed by atoms with Gasteiger partial charge in [-0.2, -0.15) is 0 Å². The van der Waals surface area contributed by atoms with E-state index >= 15 is 0 Å². The van der Waals surface area contributed by atoms with E-state index in [1.165, 1.54) is 0 Å². The smallest absolute Gasteiger partial charge is 0.146 e. The van der Waals surface area contributed by atoms with E-state index in [0.29, 0.717) is 13.4 Å². The molecule has 11 heavy (non-hydrogen) atoms. The Kier molecular flexibility index (Phi) is 23.5. The monoisotopic (exact) mass is 388 g/mol. The third-order valence-electron chi connectivity index (χ3n) is 0.507. The van der Waals surface area contributed by atoms with E-state index in [1.54, 1.807) is 7.11 Å². The largest absolute Gasteiger partial charge is 0.396 e. The van der Waals surface area contributed by atoms with Gasteiger partial charge in [-0.3, -0.25) is 0 Å². The highest BCUT2D eigenvalue weighted by Crippen LogP contribution is 1.81. The fraction of sp³-hybridized carbons (Fsp3) is 1.00. The van der Waals surface area contributed by atoms with Crippen LogP contribution >= 0.6 is 45.2 Å². The maximum absolute atomic E-state index is 7.87. The van der Waals surface area contributed by atoms with Gasteiger partial charge in [-0.05, 0) is 0 Å². The highest BCUT2D eigenvalue weighted by Gasteiger charge is 1.78. The van der Waals surface area contributed by atoms with Crippen LogP contribution in [0.2, 0.25) is 0 Å². The molecule has 0 unspecified atom stereocenters. The van der Waals surface area contributed by atoms with E-state index in [9.17, 15) is 0 Å². The Morgan fingerprint density at radius 3 is 2.09 bits per heavy atom. The van der Waals surface area contributed by atoms with Crippen LogP contribution in [0, 0.1) is 0 Å². The summed E-state index contributed by atoms with van der Waals surface area (Å²) in [6.07, 6.45) is 0. The van der Waals surface area contributed by atoms with Gasteiger partial charge in [0.15, 0.2) is 0 Å². The fourth-order valence-electron chi connectivity index (χ4n) is 0.197. The van der Waals surface area contributed by atoms with Gasteiger partial charge in [-0.1, -0.05) is 45.2 Å². The molecule has 0 aliphatic heterocycles. The quantitative estimate of drug-likeness (QED) is 0.336. The molecule has 5 heteroatoms. The maximum atomic E-state index is 7.87. The summed E-state index contributed by atoms with van der Waals surface area (Å²) in [7, 11) is 1.62. The topological polar surface area (TPSA) is 38.7 Å². The molecule has 0 saturated heterocycles. The molecule has 0 aromatic rings. The molecule has 1 N–H and O–H groups in total. The molecule has 0 bridgehead atoms. The Labute approximate surface area is 95.1 Å². The lowest BCUT2D eigenvalue weighted by Crippen LogP contribution is -1.98. The van der Waals surface area contributed by atoms with E-state index in [4.69, 9.17) is 9.84 Å². The van der Waals surface area contributed by atoms with Gasteiger partial charge in [0.05, 0.1) is 13.2 Å². The summed E-state index contributed by atoms with van der Waals surface area (Å²) < 4.78 is 11.4. The Balaban J connectivity index is 0. The normalized spacial score (nSPS) is 8.73. The summed E-state index contributed by atoms with van der Waals surface area (Å²) in [6.45, 7) is 1.51. The first kappa shape index (κ1) is 14.8. The number of methoxy groups -OCH3 is 1. The number of halogens is 2. The van der Waals surface area contributed by atoms with Crippen molar-refractivity contribution in [2.75, 3.05) is 36.0 Å². The van der Waals surface area contributed by atoms with Gasteiger partial charge in [-0.25, -0.2) is 0 Å². The average Bonchev–Trinajstić information content (AvgIpc) is 2.06. The second kappa shape index (κ2) is 17.4. The number of alkyl halides is 2. The van der Waals surface area contributed by atoms with Crippen LogP contribution in [0.15, 0.2) is 0 Å². The number of rotatable bonds is 5. The standard InChI is InChI=1S/C4H9IO2.C2H5IO/c1-6-4-7-3-2-5;3-1-2-4/h2-4H2,1H3;4H,1-2H2. The molecule has 0 saturated carbocycles. The summed E-state index contributed by atoms with van der Waals surface area (Å²) in [5.41, 5.74) is 0. The predicted molar refractivity (Wildman–Crippen MR) is 62.7 cm³/mol. The lowest BCUT2D eigenvalue weighted by molar-refractivity contribution is -0.0232. The van der Waals surface area contributed by atoms with Crippen LogP contribution in [0.1, 0.15) is 0 Å². The number of aliphatic hydroxyl groups is 1. The Hall–Kier alpha value is 1.34. The molecule has 0 aromatic carbocycles. The zero-order chi connectivity index (χ0) is 8.95. The zero-order valence-electron chi connectivity index (χ0n) is 6.56. The maximum Gasteiger partial charge on any atom is 0.146 e. The van der Waals surface area contributed by atoms with Crippen molar-refractivity contribution in [2.24, 2.45) is 0 Å². The molecule has 0 heterocycles. The Bertz CT molecular complexity index is 49.1. The van der Waals surface area contributed by atoms with Crippen LogP contribution in [0.4, 0.5) is 0 Å². The Morgan fingerprint density at radius 1 is 1.27 bits per heavy atom. The molecule has 3 nitrogen and oxygen atoms in total. The highest BCUT2D eigenvalue weighted by atomic mass is 127. The SMILES string of the molecule is COCOCCI.OCCI. The average molecular weight is 388 g/mol. The summed E-state index contributed by atoms with van der Waals surface area (Å²) >= 11 is 4.35. The van der Waals surface area contributed by atoms with Gasteiger partial charge in [0, 0.05) is 16.0 Å². The van der Waals surface area contributed by atoms with Gasteiger partial charge in [0.1, 0.15) is 6.79 Å². The van der Waals surface area contributed by atoms with Crippen molar-refractivity contribution in [3.8, 4) is 0 Å². The summed E-state index contributed by atoms with van der Waals surface area (Å²) in [5.74, 6) is 0. The molecular weight excluding hydrogens is 374 g/mol. The molecule has 0 aromatic heterocycles. The number of hydrogen-bond acceptors (Lipinski definition) is 3. The minimum atomic E-state index is 0.306. The Morgan fingerprint density at radius 2 is 1.82 bits per heavy atom. The number of aliphatic hydroxyl groups excluding tert-OH is 1. The molecule has 70 valence electrons. The van der Waals surface area contributed by atoms with Crippen LogP contribution in [0.3, 0.4) is 0 Å². The van der Waals surface area contributed by atoms with Crippen LogP contribution in [-0.2, 0) is 9.47 Å². The van der Waals surface area contributed by atoms with Crippen molar-refractivity contribution < 1.29 is 14.6 Å². The van der Waals surface area contributed by atoms with Crippen LogP contribution in [-0.4, -0.2) is 41.1 Å². The van der Waals surface area contributed by atoms with E-state index in [0.717, 1.165) is 15.5 Å². The molecule has 0 aliphatic carbocycles. The number of hydrogen-bond donors (Lipinski definition) is 1. The van der Waals surface area contributed by atoms with Gasteiger partial charge in [0.25, 0.3) is 0 Å². The van der Waals surface area contributed by atoms with E-state index in [1.807, 2.05) is 0 Å². The van der Waals surface area contributed by atoms with Gasteiger partial charge >= 0.3 is 0 Å². The van der Waals surface area contributed by atoms with Crippen molar-refractivity contribution >= 4 is 45.2 Å². The second-order valence-corrected chi connectivity index (χ2v) is 3.57. The molecule has 0 spiro atoms. The first-order chi connectivity index (χ1) is 5.33. The third-order valence-corrected chi connectivity index (χ3v) is 1.43. The van der Waals surface area contributed by atoms with Crippen molar-refractivity contribution in [2.45, 2.75) is 0 Å². The minimum Gasteiger partial charge on any atom is -0.396 e. The molecule has 0 amide bonds. The molecular formula is C6H14I2O3. The van der Waals surface area contributed by atoms with Gasteiger partial charge in [0.2, 0.25) is 0 Å². The third kappa shape index (κ3) is 24.6. The summed E-state index contributed by atoms with van der Waals surface area (Å²) in [4.78, 5) is 0. The molecule has 0 radical (unpaired) electrons. The lowest BCUT2D eigenvalue weighted by Gasteiger charge is -1.95. The molecule has 0 atom stereocenters. The van der Waals surface area contributed by atoms with Gasteiger partial charge < -0.3 is 14.6 Å². The molecule has 0 aliphatic rings. The van der Waals surface area contributed by atoms with Crippen LogP contribution in [0.5, 0.6) is 0 Å². The van der Waals surface area contributed by atoms with Crippen molar-refractivity contribution in [1.82, 2.24) is 0 Å². The van der Waals surface area contributed by atoms with Crippen LogP contribution < -0.4 is 0 Å². The second-order valence-electron chi connectivity index (χ2n) is 1.42. The van der Waals surface area contributed by atoms with Gasteiger partial charge in [-0.15, -0.1) is 0 Å². The first-order valence-electron chi connectivity index (χ1n) is 3.13. The first-order valence-corrected chi connectivity index (χ1v) is 6.18. The molecule has 0 rings (SSSR count). The highest BCUT2D eigenvalue weighted by molar-refractivity contribution is 14.1. The fourth-order valence-corrected chi connectivity index (χ4v) is 0.508. The summed E-state index contributed by atoms with van der Waals surface area (Å²) in [5, 5.41) is 7.87. The van der Waals surface area contributed by atoms with Crippen molar-refractivity contribution in [1.29, 1.82) is 0 Å². The number of ether oxygens (including phenoxy) is 2. The lowest BCUT2D eigenvalue weighted by atomic mass is 10.9. The zero-order valence-corrected chi connectivity index (χ0v) is 10.9. The van der Waals surface area contributed by atoms with E-state index in [2.05, 4.69) is 49.9 Å². The summed E-state index contributed by atoms with van der Waals surface area (Å²) in [6, 6.07) is 0. The van der Waals surface area contributed by atoms with E-state index in [-0.39, 0.29) is 0 Å². The van der Waals surface area contributed by atoms with Crippen molar-refractivity contribution in [3.05, 3.63) is 0 Å². The molecule has 0 fully saturated rings. The minimum absolute atomic E-state index is 0.306. The van der Waals surface area contributed by atoms with Crippen molar-refractivity contribution in [3.63, 3.8) is 0 Å². The predicted octanol–water partition coefficient (Wildman–Crippen LogP) is 1.46. The van der Waals surface area contributed by atoms with Crippen LogP contribution in [0.25, 0.3) is 0 Å². The van der Waals surface area contributed by atoms with E-state index < -0.39 is 0 Å².